The Morgan fingerprint density at radius 1 is 1.43 bits per heavy atom. The number of rotatable bonds is 7. The molecular weight excluding hydrogens is 308 g/mol. The molecule has 0 radical (unpaired) electrons. The van der Waals surface area contributed by atoms with Crippen molar-refractivity contribution in [2.24, 2.45) is 5.92 Å². The van der Waals surface area contributed by atoms with Gasteiger partial charge < -0.3 is 4.57 Å². The van der Waals surface area contributed by atoms with Crippen molar-refractivity contribution >= 4 is 26.5 Å². The van der Waals surface area contributed by atoms with Crippen molar-refractivity contribution in [1.82, 2.24) is 14.5 Å². The van der Waals surface area contributed by atoms with Gasteiger partial charge in [-0.15, -0.1) is 11.3 Å². The summed E-state index contributed by atoms with van der Waals surface area (Å²) < 4.78 is 28.8. The van der Waals surface area contributed by atoms with Gasteiger partial charge in [0.05, 0.1) is 12.0 Å². The van der Waals surface area contributed by atoms with Crippen molar-refractivity contribution in [1.29, 1.82) is 0 Å². The number of nitrogens with zero attached hydrogens (tertiary/aromatic N) is 3. The van der Waals surface area contributed by atoms with Gasteiger partial charge in [0, 0.05) is 18.1 Å². The van der Waals surface area contributed by atoms with Crippen molar-refractivity contribution in [3.05, 3.63) is 23.6 Å². The Bertz CT molecular complexity index is 689. The van der Waals surface area contributed by atoms with E-state index in [0.717, 1.165) is 25.1 Å². The lowest BCUT2D eigenvalue weighted by atomic mass is 10.2. The van der Waals surface area contributed by atoms with Crippen molar-refractivity contribution in [3.63, 3.8) is 0 Å². The summed E-state index contributed by atoms with van der Waals surface area (Å²) in [5, 5.41) is 2.28. The number of sulfonamides is 1. The molecule has 0 aromatic carbocycles. The average molecular weight is 328 g/mol. The predicted octanol–water partition coefficient (Wildman–Crippen LogP) is 2.75. The maximum atomic E-state index is 12.2. The second kappa shape index (κ2) is 6.57. The van der Waals surface area contributed by atoms with Crippen LogP contribution >= 0.6 is 11.3 Å². The number of hydrogen-bond donors (Lipinski definition) is 1. The summed E-state index contributed by atoms with van der Waals surface area (Å²) in [6.45, 7) is 6.93. The summed E-state index contributed by atoms with van der Waals surface area (Å²) in [4.78, 5) is 8.23. The lowest BCUT2D eigenvalue weighted by Gasteiger charge is -2.04. The minimum atomic E-state index is -3.66. The molecule has 2 heterocycles. The molecule has 116 valence electrons. The fraction of sp³-hybridized carbons (Fsp3) is 0.538. The molecule has 0 atom stereocenters. The molecule has 0 aliphatic carbocycles. The molecule has 2 aromatic heterocycles. The first kappa shape index (κ1) is 16.0. The first-order valence-corrected chi connectivity index (χ1v) is 9.26. The molecule has 0 spiro atoms. The topological polar surface area (TPSA) is 76.9 Å². The maximum Gasteiger partial charge on any atom is 0.282 e. The minimum absolute atomic E-state index is 0.0235. The van der Waals surface area contributed by atoms with Gasteiger partial charge in [0.25, 0.3) is 10.0 Å². The van der Waals surface area contributed by atoms with Crippen molar-refractivity contribution in [3.8, 4) is 0 Å². The highest BCUT2D eigenvalue weighted by atomic mass is 32.2. The molecule has 2 aromatic rings. The van der Waals surface area contributed by atoms with E-state index in [4.69, 9.17) is 0 Å². The normalized spacial score (nSPS) is 12.0. The number of imidazole rings is 1. The van der Waals surface area contributed by atoms with Crippen LogP contribution in [-0.4, -0.2) is 23.0 Å². The summed E-state index contributed by atoms with van der Waals surface area (Å²) in [5.41, 5.74) is 0.908. The van der Waals surface area contributed by atoms with E-state index < -0.39 is 10.0 Å². The van der Waals surface area contributed by atoms with E-state index in [9.17, 15) is 8.42 Å². The van der Waals surface area contributed by atoms with Crippen LogP contribution < -0.4 is 4.72 Å². The van der Waals surface area contributed by atoms with Crippen LogP contribution in [0.1, 0.15) is 32.9 Å². The number of aromatic nitrogens is 3. The molecular formula is C13H20N4O2S2. The molecule has 0 saturated heterocycles. The Morgan fingerprint density at radius 2 is 2.19 bits per heavy atom. The third-order valence-electron chi connectivity index (χ3n) is 2.74. The van der Waals surface area contributed by atoms with Gasteiger partial charge in [-0.3, -0.25) is 4.72 Å². The summed E-state index contributed by atoms with van der Waals surface area (Å²) in [6, 6.07) is 0. The zero-order chi connectivity index (χ0) is 15.5. The van der Waals surface area contributed by atoms with Crippen LogP contribution in [-0.2, 0) is 23.0 Å². The lowest BCUT2D eigenvalue weighted by molar-refractivity contribution is 0.522. The van der Waals surface area contributed by atoms with Crippen molar-refractivity contribution < 1.29 is 8.42 Å². The van der Waals surface area contributed by atoms with Gasteiger partial charge in [-0.05, 0) is 12.3 Å². The first-order valence-electron chi connectivity index (χ1n) is 6.89. The van der Waals surface area contributed by atoms with E-state index in [1.807, 2.05) is 5.38 Å². The molecule has 0 unspecified atom stereocenters. The van der Waals surface area contributed by atoms with Gasteiger partial charge >= 0.3 is 0 Å². The van der Waals surface area contributed by atoms with Crippen LogP contribution in [0, 0.1) is 5.92 Å². The van der Waals surface area contributed by atoms with Crippen LogP contribution in [0.15, 0.2) is 22.9 Å². The first-order chi connectivity index (χ1) is 9.90. The number of anilines is 1. The number of aryl methyl sites for hydroxylation is 1. The number of hydrogen-bond acceptors (Lipinski definition) is 5. The Balaban J connectivity index is 2.11. The van der Waals surface area contributed by atoms with E-state index in [1.165, 1.54) is 11.3 Å². The van der Waals surface area contributed by atoms with Crippen LogP contribution in [0.3, 0.4) is 0 Å². The summed E-state index contributed by atoms with van der Waals surface area (Å²) in [7, 11) is -3.66. The smallest absolute Gasteiger partial charge is 0.282 e. The zero-order valence-electron chi connectivity index (χ0n) is 12.4. The van der Waals surface area contributed by atoms with Gasteiger partial charge in [-0.2, -0.15) is 8.42 Å². The Hall–Kier alpha value is -1.41. The molecule has 0 fully saturated rings. The highest BCUT2D eigenvalue weighted by Crippen LogP contribution is 2.20. The molecule has 0 saturated carbocycles. The van der Waals surface area contributed by atoms with Crippen LogP contribution in [0.25, 0.3) is 0 Å². The van der Waals surface area contributed by atoms with Gasteiger partial charge in [0.15, 0.2) is 10.2 Å². The van der Waals surface area contributed by atoms with Gasteiger partial charge in [0.2, 0.25) is 0 Å². The summed E-state index contributed by atoms with van der Waals surface area (Å²) in [5.74, 6) is 0.429. The zero-order valence-corrected chi connectivity index (χ0v) is 14.0. The Morgan fingerprint density at radius 3 is 2.86 bits per heavy atom. The van der Waals surface area contributed by atoms with E-state index in [2.05, 4.69) is 35.5 Å². The van der Waals surface area contributed by atoms with Gasteiger partial charge in [-0.1, -0.05) is 27.2 Å². The standard InChI is InChI=1S/C13H20N4O2S2/c1-4-5-11-8-20-13(15-11)16-21(18,19)12-7-17(9-14-12)6-10(2)3/h7-10H,4-6H2,1-3H3,(H,15,16). The quantitative estimate of drug-likeness (QED) is 0.848. The fourth-order valence-electron chi connectivity index (χ4n) is 1.89. The minimum Gasteiger partial charge on any atom is -0.336 e. The van der Waals surface area contributed by atoms with E-state index >= 15 is 0 Å². The number of thiazole rings is 1. The van der Waals surface area contributed by atoms with E-state index in [0.29, 0.717) is 11.0 Å². The highest BCUT2D eigenvalue weighted by Gasteiger charge is 2.19. The summed E-state index contributed by atoms with van der Waals surface area (Å²) >= 11 is 1.29. The van der Waals surface area contributed by atoms with Crippen molar-refractivity contribution in [2.45, 2.75) is 45.2 Å². The fourth-order valence-corrected chi connectivity index (χ4v) is 3.84. The van der Waals surface area contributed by atoms with Crippen LogP contribution in [0.2, 0.25) is 0 Å². The maximum absolute atomic E-state index is 12.2. The molecule has 2 rings (SSSR count). The molecule has 8 heteroatoms. The predicted molar refractivity (Wildman–Crippen MR) is 84.0 cm³/mol. The van der Waals surface area contributed by atoms with E-state index in [-0.39, 0.29) is 5.03 Å². The SMILES string of the molecule is CCCc1csc(NS(=O)(=O)c2cn(CC(C)C)cn2)n1. The Kier molecular flexibility index (Phi) is 5.00. The van der Waals surface area contributed by atoms with Gasteiger partial charge in [-0.25, -0.2) is 9.97 Å². The molecule has 0 amide bonds. The molecule has 21 heavy (non-hydrogen) atoms. The second-order valence-electron chi connectivity index (χ2n) is 5.30. The third kappa shape index (κ3) is 4.28. The largest absolute Gasteiger partial charge is 0.336 e. The molecule has 6 nitrogen and oxygen atoms in total. The molecule has 0 aliphatic heterocycles. The Labute approximate surface area is 129 Å². The molecule has 0 bridgehead atoms. The average Bonchev–Trinajstić information content (AvgIpc) is 2.98. The third-order valence-corrected chi connectivity index (χ3v) is 4.90. The van der Waals surface area contributed by atoms with Crippen LogP contribution in [0.5, 0.6) is 0 Å². The molecule has 1 N–H and O–H groups in total. The van der Waals surface area contributed by atoms with Crippen LogP contribution in [0.4, 0.5) is 5.13 Å². The van der Waals surface area contributed by atoms with Crippen molar-refractivity contribution in [2.75, 3.05) is 4.72 Å². The lowest BCUT2D eigenvalue weighted by Crippen LogP contribution is -2.13. The highest BCUT2D eigenvalue weighted by molar-refractivity contribution is 7.92. The van der Waals surface area contributed by atoms with Gasteiger partial charge in [0.1, 0.15) is 0 Å². The number of nitrogens with one attached hydrogen (secondary N) is 1. The molecule has 0 aliphatic rings. The van der Waals surface area contributed by atoms with E-state index in [1.54, 1.807) is 17.1 Å². The monoisotopic (exact) mass is 328 g/mol. The summed E-state index contributed by atoms with van der Waals surface area (Å²) in [6.07, 6.45) is 4.92. The second-order valence-corrected chi connectivity index (χ2v) is 7.79.